The molecule has 0 saturated heterocycles. The van der Waals surface area contributed by atoms with Crippen molar-refractivity contribution >= 4 is 0 Å². The van der Waals surface area contributed by atoms with E-state index in [1.807, 2.05) is 6.92 Å². The lowest BCUT2D eigenvalue weighted by Gasteiger charge is -2.12. The van der Waals surface area contributed by atoms with Crippen LogP contribution in [0.3, 0.4) is 0 Å². The lowest BCUT2D eigenvalue weighted by Crippen LogP contribution is -2.00. The van der Waals surface area contributed by atoms with E-state index in [1.54, 1.807) is 25.3 Å². The zero-order valence-corrected chi connectivity index (χ0v) is 8.25. The molecule has 0 heterocycles. The Morgan fingerprint density at radius 2 is 2.29 bits per heavy atom. The summed E-state index contributed by atoms with van der Waals surface area (Å²) in [7, 11) is 0. The molecule has 1 rings (SSSR count). The summed E-state index contributed by atoms with van der Waals surface area (Å²) in [6.07, 6.45) is 2.09. The van der Waals surface area contributed by atoms with Gasteiger partial charge in [-0.25, -0.2) is 4.39 Å². The minimum Gasteiger partial charge on any atom is -0.419 e. The van der Waals surface area contributed by atoms with Gasteiger partial charge in [0.15, 0.2) is 0 Å². The molecule has 0 unspecified atom stereocenters. The Hall–Kier alpha value is -1.56. The number of rotatable bonds is 3. The molecule has 0 fully saturated rings. The number of ether oxygens (including phenoxy) is 1. The maximum atomic E-state index is 12.9. The molecule has 0 N–H and O–H groups in total. The van der Waals surface area contributed by atoms with E-state index in [1.165, 1.54) is 6.07 Å². The quantitative estimate of drug-likeness (QED) is 0.691. The van der Waals surface area contributed by atoms with Crippen molar-refractivity contribution in [2.45, 2.75) is 26.4 Å². The van der Waals surface area contributed by atoms with E-state index < -0.39 is 0 Å². The zero-order valence-electron chi connectivity index (χ0n) is 8.25. The Balaban J connectivity index is 2.95. The van der Waals surface area contributed by atoms with Gasteiger partial charge in [0.1, 0.15) is 11.9 Å². The fourth-order valence-corrected chi connectivity index (χ4v) is 1.32. The fraction of sp³-hybridized carbons (Fsp3) is 0.364. The average molecular weight is 193 g/mol. The second-order valence-electron chi connectivity index (χ2n) is 3.11. The maximum absolute atomic E-state index is 12.9. The van der Waals surface area contributed by atoms with Gasteiger partial charge >= 0.3 is 0 Å². The molecule has 0 bridgehead atoms. The van der Waals surface area contributed by atoms with Crippen molar-refractivity contribution in [3.05, 3.63) is 35.1 Å². The first-order chi connectivity index (χ1) is 6.69. The van der Waals surface area contributed by atoms with Crippen LogP contribution in [0.25, 0.3) is 0 Å². The first kappa shape index (κ1) is 10.5. The van der Waals surface area contributed by atoms with Crippen LogP contribution in [0, 0.1) is 24.3 Å². The van der Waals surface area contributed by atoms with Crippen LogP contribution in [0.5, 0.6) is 0 Å². The van der Waals surface area contributed by atoms with Crippen molar-refractivity contribution in [3.63, 3.8) is 0 Å². The van der Waals surface area contributed by atoms with E-state index in [0.717, 1.165) is 5.56 Å². The van der Waals surface area contributed by atoms with E-state index in [-0.39, 0.29) is 11.9 Å². The van der Waals surface area contributed by atoms with E-state index >= 15 is 0 Å². The highest BCUT2D eigenvalue weighted by atomic mass is 19.1. The number of hydrogen-bond acceptors (Lipinski definition) is 2. The highest BCUT2D eigenvalue weighted by molar-refractivity contribution is 5.25. The van der Waals surface area contributed by atoms with Crippen molar-refractivity contribution < 1.29 is 9.13 Å². The SMILES string of the molecule is CC[C@@H](OC#N)c1ccc(F)c(C)c1. The standard InChI is InChI=1S/C11H12FNO/c1-3-11(14-7-13)9-4-5-10(12)8(2)6-9/h4-6,11H,3H2,1-2H3/t11-/m1/s1. The predicted octanol–water partition coefficient (Wildman–Crippen LogP) is 3.08. The smallest absolute Gasteiger partial charge is 0.286 e. The highest BCUT2D eigenvalue weighted by Gasteiger charge is 2.11. The molecule has 2 nitrogen and oxygen atoms in total. The molecular weight excluding hydrogens is 181 g/mol. The molecular formula is C11H12FNO. The van der Waals surface area contributed by atoms with Crippen LogP contribution in [0.15, 0.2) is 18.2 Å². The van der Waals surface area contributed by atoms with Crippen LogP contribution in [-0.2, 0) is 4.74 Å². The van der Waals surface area contributed by atoms with Crippen molar-refractivity contribution in [2.75, 3.05) is 0 Å². The van der Waals surface area contributed by atoms with Gasteiger partial charge in [0.05, 0.1) is 0 Å². The van der Waals surface area contributed by atoms with Gasteiger partial charge in [-0.2, -0.15) is 5.26 Å². The molecule has 0 radical (unpaired) electrons. The van der Waals surface area contributed by atoms with Crippen LogP contribution in [-0.4, -0.2) is 0 Å². The topological polar surface area (TPSA) is 33.0 Å². The minimum atomic E-state index is -0.265. The van der Waals surface area contributed by atoms with Gasteiger partial charge in [-0.15, -0.1) is 0 Å². The summed E-state index contributed by atoms with van der Waals surface area (Å²) < 4.78 is 17.8. The molecule has 0 aliphatic rings. The third-order valence-electron chi connectivity index (χ3n) is 2.12. The second-order valence-corrected chi connectivity index (χ2v) is 3.11. The van der Waals surface area contributed by atoms with Gasteiger partial charge in [0, 0.05) is 0 Å². The lowest BCUT2D eigenvalue weighted by atomic mass is 10.0. The predicted molar refractivity (Wildman–Crippen MR) is 50.9 cm³/mol. The van der Waals surface area contributed by atoms with Crippen LogP contribution in [0.1, 0.15) is 30.6 Å². The van der Waals surface area contributed by atoms with Crippen molar-refractivity contribution in [1.82, 2.24) is 0 Å². The molecule has 0 aromatic heterocycles. The number of benzene rings is 1. The zero-order chi connectivity index (χ0) is 10.6. The lowest BCUT2D eigenvalue weighted by molar-refractivity contribution is 0.159. The van der Waals surface area contributed by atoms with Crippen molar-refractivity contribution in [3.8, 4) is 6.26 Å². The molecule has 74 valence electrons. The third kappa shape index (κ3) is 2.23. The maximum Gasteiger partial charge on any atom is 0.286 e. The van der Waals surface area contributed by atoms with Gasteiger partial charge in [-0.3, -0.25) is 0 Å². The normalized spacial score (nSPS) is 11.9. The number of halogens is 1. The van der Waals surface area contributed by atoms with E-state index in [0.29, 0.717) is 12.0 Å². The van der Waals surface area contributed by atoms with Crippen LogP contribution < -0.4 is 0 Å². The van der Waals surface area contributed by atoms with Gasteiger partial charge < -0.3 is 4.74 Å². The summed E-state index contributed by atoms with van der Waals surface area (Å²) in [6.45, 7) is 3.61. The monoisotopic (exact) mass is 193 g/mol. The molecule has 0 spiro atoms. The highest BCUT2D eigenvalue weighted by Crippen LogP contribution is 2.22. The summed E-state index contributed by atoms with van der Waals surface area (Å²) in [5, 5.41) is 8.41. The minimum absolute atomic E-state index is 0.236. The first-order valence-electron chi connectivity index (χ1n) is 4.49. The van der Waals surface area contributed by atoms with Crippen LogP contribution >= 0.6 is 0 Å². The largest absolute Gasteiger partial charge is 0.419 e. The Bertz CT molecular complexity index is 357. The fourth-order valence-electron chi connectivity index (χ4n) is 1.32. The average Bonchev–Trinajstić information content (AvgIpc) is 2.19. The molecule has 0 aliphatic carbocycles. The van der Waals surface area contributed by atoms with E-state index in [4.69, 9.17) is 10.00 Å². The second kappa shape index (κ2) is 4.61. The summed E-state index contributed by atoms with van der Waals surface area (Å²) in [6, 6.07) is 4.75. The summed E-state index contributed by atoms with van der Waals surface area (Å²) in [5.74, 6) is -0.236. The molecule has 0 amide bonds. The number of aryl methyl sites for hydroxylation is 1. The molecule has 1 aromatic carbocycles. The molecule has 3 heteroatoms. The number of nitriles is 1. The van der Waals surface area contributed by atoms with Crippen molar-refractivity contribution in [2.24, 2.45) is 0 Å². The molecule has 0 aliphatic heterocycles. The molecule has 1 aromatic rings. The van der Waals surface area contributed by atoms with Crippen LogP contribution in [0.2, 0.25) is 0 Å². The van der Waals surface area contributed by atoms with E-state index in [9.17, 15) is 4.39 Å². The summed E-state index contributed by atoms with van der Waals surface area (Å²) in [5.41, 5.74) is 1.41. The van der Waals surface area contributed by atoms with Crippen molar-refractivity contribution in [1.29, 1.82) is 5.26 Å². The number of nitrogens with zero attached hydrogens (tertiary/aromatic N) is 1. The Morgan fingerprint density at radius 1 is 1.57 bits per heavy atom. The van der Waals surface area contributed by atoms with Gasteiger partial charge in [0.25, 0.3) is 6.26 Å². The Kier molecular flexibility index (Phi) is 3.47. The van der Waals surface area contributed by atoms with Gasteiger partial charge in [-0.05, 0) is 36.6 Å². The van der Waals surface area contributed by atoms with Gasteiger partial charge in [0.2, 0.25) is 0 Å². The third-order valence-corrected chi connectivity index (χ3v) is 2.12. The molecule has 14 heavy (non-hydrogen) atoms. The van der Waals surface area contributed by atoms with Gasteiger partial charge in [-0.1, -0.05) is 13.0 Å². The Morgan fingerprint density at radius 3 is 2.79 bits per heavy atom. The summed E-state index contributed by atoms with van der Waals surface area (Å²) in [4.78, 5) is 0. The Labute approximate surface area is 82.9 Å². The van der Waals surface area contributed by atoms with Crippen LogP contribution in [0.4, 0.5) is 4.39 Å². The molecule has 0 saturated carbocycles. The first-order valence-corrected chi connectivity index (χ1v) is 4.49. The number of hydrogen-bond donors (Lipinski definition) is 0. The summed E-state index contributed by atoms with van der Waals surface area (Å²) >= 11 is 0. The van der Waals surface area contributed by atoms with E-state index in [2.05, 4.69) is 0 Å². The molecule has 1 atom stereocenters.